The van der Waals surface area contributed by atoms with Gasteiger partial charge in [0.1, 0.15) is 13.8 Å². The van der Waals surface area contributed by atoms with E-state index in [0.717, 1.165) is 22.3 Å². The second kappa shape index (κ2) is 4.86. The van der Waals surface area contributed by atoms with E-state index < -0.39 is 8.07 Å². The Bertz CT molecular complexity index is 566. The van der Waals surface area contributed by atoms with Gasteiger partial charge in [-0.15, -0.1) is 0 Å². The molecular formula is C13H18N4Si. The van der Waals surface area contributed by atoms with Crippen LogP contribution in [-0.4, -0.2) is 29.7 Å². The predicted octanol–water partition coefficient (Wildman–Crippen LogP) is 2.41. The fraction of sp³-hybridized carbons (Fsp3) is 0.308. The minimum atomic E-state index is -1.47. The molecule has 0 amide bonds. The Morgan fingerprint density at radius 2 is 1.89 bits per heavy atom. The molecule has 0 aliphatic rings. The highest BCUT2D eigenvalue weighted by Crippen LogP contribution is 2.16. The molecule has 0 unspecified atom stereocenters. The zero-order valence-electron chi connectivity index (χ0n) is 11.2. The van der Waals surface area contributed by atoms with Gasteiger partial charge in [0.25, 0.3) is 0 Å². The Kier molecular flexibility index (Phi) is 3.42. The average molecular weight is 258 g/mol. The maximum absolute atomic E-state index is 4.50. The van der Waals surface area contributed by atoms with Gasteiger partial charge in [-0.25, -0.2) is 0 Å². The summed E-state index contributed by atoms with van der Waals surface area (Å²) in [6, 6.07) is 8.05. The molecule has 0 aliphatic heterocycles. The molecule has 0 saturated carbocycles. The number of benzene rings is 1. The molecule has 0 atom stereocenters. The zero-order valence-corrected chi connectivity index (χ0v) is 12.2. The van der Waals surface area contributed by atoms with E-state index >= 15 is 0 Å². The molecule has 0 bridgehead atoms. The lowest BCUT2D eigenvalue weighted by molar-refractivity contribution is 0.942. The third-order valence-corrected chi connectivity index (χ3v) is 4.52. The molecule has 1 aromatic carbocycles. The highest BCUT2D eigenvalue weighted by atomic mass is 28.3. The number of nitrogens with one attached hydrogen (secondary N) is 1. The van der Waals surface area contributed by atoms with Crippen LogP contribution < -0.4 is 5.32 Å². The van der Waals surface area contributed by atoms with E-state index in [-0.39, 0.29) is 0 Å². The summed E-state index contributed by atoms with van der Waals surface area (Å²) in [5, 5.41) is 12.2. The molecule has 2 rings (SSSR count). The van der Waals surface area contributed by atoms with Crippen molar-refractivity contribution in [2.24, 2.45) is 4.99 Å². The maximum atomic E-state index is 4.50. The Balaban J connectivity index is 2.31. The smallest absolute Gasteiger partial charge is 0.122 e. The highest BCUT2D eigenvalue weighted by Gasteiger charge is 2.23. The van der Waals surface area contributed by atoms with Crippen LogP contribution in [-0.2, 0) is 0 Å². The van der Waals surface area contributed by atoms with E-state index in [1.165, 1.54) is 0 Å². The van der Waals surface area contributed by atoms with Crippen molar-refractivity contribution in [3.05, 3.63) is 35.5 Å². The SMILES string of the molecule is Cc1ccccc1N=Cc1n[nH]nc1[Si](C)(C)C. The summed E-state index contributed by atoms with van der Waals surface area (Å²) in [6.45, 7) is 8.79. The van der Waals surface area contributed by atoms with Crippen LogP contribution >= 0.6 is 0 Å². The number of aliphatic imine (C=N–C) groups is 1. The first-order valence-corrected chi connectivity index (χ1v) is 9.49. The van der Waals surface area contributed by atoms with Gasteiger partial charge < -0.3 is 0 Å². The number of para-hydroxylation sites is 1. The van der Waals surface area contributed by atoms with Gasteiger partial charge in [0.05, 0.1) is 17.2 Å². The van der Waals surface area contributed by atoms with Crippen molar-refractivity contribution in [3.8, 4) is 0 Å². The van der Waals surface area contributed by atoms with Gasteiger partial charge in [-0.1, -0.05) is 37.8 Å². The molecule has 1 N–H and O–H groups in total. The van der Waals surface area contributed by atoms with E-state index in [1.807, 2.05) is 18.2 Å². The molecular weight excluding hydrogens is 240 g/mol. The summed E-state index contributed by atoms with van der Waals surface area (Å²) in [5.74, 6) is 0. The number of H-pyrrole nitrogens is 1. The Morgan fingerprint density at radius 1 is 1.17 bits per heavy atom. The lowest BCUT2D eigenvalue weighted by Crippen LogP contribution is -2.41. The van der Waals surface area contributed by atoms with Crippen molar-refractivity contribution in [3.63, 3.8) is 0 Å². The summed E-state index contributed by atoms with van der Waals surface area (Å²) in [6.07, 6.45) is 1.80. The average Bonchev–Trinajstić information content (AvgIpc) is 2.76. The topological polar surface area (TPSA) is 53.9 Å². The molecule has 0 radical (unpaired) electrons. The van der Waals surface area contributed by atoms with Gasteiger partial charge in [0, 0.05) is 0 Å². The van der Waals surface area contributed by atoms with Gasteiger partial charge in [0.15, 0.2) is 0 Å². The quantitative estimate of drug-likeness (QED) is 0.679. The molecule has 5 heteroatoms. The van der Waals surface area contributed by atoms with Crippen LogP contribution in [0.5, 0.6) is 0 Å². The Hall–Kier alpha value is -1.75. The summed E-state index contributed by atoms with van der Waals surface area (Å²) < 4.78 is 0. The van der Waals surface area contributed by atoms with Crippen LogP contribution in [0.3, 0.4) is 0 Å². The van der Waals surface area contributed by atoms with E-state index in [0.29, 0.717) is 0 Å². The van der Waals surface area contributed by atoms with Crippen molar-refractivity contribution in [2.45, 2.75) is 26.6 Å². The second-order valence-electron chi connectivity index (χ2n) is 5.35. The van der Waals surface area contributed by atoms with Gasteiger partial charge in [-0.3, -0.25) is 4.99 Å². The third kappa shape index (κ3) is 2.73. The first-order valence-electron chi connectivity index (χ1n) is 5.99. The van der Waals surface area contributed by atoms with Gasteiger partial charge >= 0.3 is 0 Å². The molecule has 1 aromatic heterocycles. The zero-order chi connectivity index (χ0) is 13.2. The summed E-state index contributed by atoms with van der Waals surface area (Å²) >= 11 is 0. The summed E-state index contributed by atoms with van der Waals surface area (Å²) in [4.78, 5) is 4.50. The van der Waals surface area contributed by atoms with Crippen LogP contribution in [0.25, 0.3) is 0 Å². The molecule has 0 saturated heterocycles. The molecule has 18 heavy (non-hydrogen) atoms. The van der Waals surface area contributed by atoms with Crippen molar-refractivity contribution >= 4 is 25.3 Å². The number of aromatic amines is 1. The fourth-order valence-corrected chi connectivity index (χ4v) is 2.99. The minimum Gasteiger partial charge on any atom is -0.254 e. The second-order valence-corrected chi connectivity index (χ2v) is 10.3. The van der Waals surface area contributed by atoms with Crippen molar-refractivity contribution in [2.75, 3.05) is 0 Å². The van der Waals surface area contributed by atoms with E-state index in [1.54, 1.807) is 6.21 Å². The normalized spacial score (nSPS) is 12.2. The van der Waals surface area contributed by atoms with Crippen molar-refractivity contribution in [1.82, 2.24) is 15.4 Å². The Labute approximate surface area is 108 Å². The summed E-state index contributed by atoms with van der Waals surface area (Å²) in [7, 11) is -1.47. The van der Waals surface area contributed by atoms with Gasteiger partial charge in [0.2, 0.25) is 0 Å². The van der Waals surface area contributed by atoms with Gasteiger partial charge in [-0.2, -0.15) is 15.4 Å². The van der Waals surface area contributed by atoms with Crippen LogP contribution in [0.2, 0.25) is 19.6 Å². The van der Waals surface area contributed by atoms with Crippen molar-refractivity contribution in [1.29, 1.82) is 0 Å². The first-order chi connectivity index (χ1) is 8.48. The molecule has 0 aliphatic carbocycles. The van der Waals surface area contributed by atoms with Gasteiger partial charge in [-0.05, 0) is 18.6 Å². The predicted molar refractivity (Wildman–Crippen MR) is 77.8 cm³/mol. The number of aryl methyl sites for hydroxylation is 1. The van der Waals surface area contributed by atoms with Crippen molar-refractivity contribution < 1.29 is 0 Å². The largest absolute Gasteiger partial charge is 0.254 e. The molecule has 2 aromatic rings. The highest BCUT2D eigenvalue weighted by molar-refractivity contribution is 6.88. The van der Waals surface area contributed by atoms with E-state index in [9.17, 15) is 0 Å². The number of hydrogen-bond donors (Lipinski definition) is 1. The molecule has 0 spiro atoms. The van der Waals surface area contributed by atoms with Crippen LogP contribution in [0, 0.1) is 6.92 Å². The third-order valence-electron chi connectivity index (χ3n) is 2.73. The van der Waals surface area contributed by atoms with Crippen LogP contribution in [0.1, 0.15) is 11.3 Å². The maximum Gasteiger partial charge on any atom is 0.122 e. The first kappa shape index (κ1) is 12.7. The van der Waals surface area contributed by atoms with E-state index in [2.05, 4.69) is 53.0 Å². The monoisotopic (exact) mass is 258 g/mol. The standard InChI is InChI=1S/C13H18N4Si/c1-10-7-5-6-8-11(10)14-9-12-13(16-17-15-12)18(2,3)4/h5-9H,1-4H3,(H,15,16,17). The Morgan fingerprint density at radius 3 is 2.56 bits per heavy atom. The van der Waals surface area contributed by atoms with Crippen LogP contribution in [0.15, 0.2) is 29.3 Å². The number of rotatable bonds is 3. The number of nitrogens with zero attached hydrogens (tertiary/aromatic N) is 3. The lowest BCUT2D eigenvalue weighted by atomic mass is 10.2. The van der Waals surface area contributed by atoms with Crippen LogP contribution in [0.4, 0.5) is 5.69 Å². The fourth-order valence-electron chi connectivity index (χ4n) is 1.72. The molecule has 94 valence electrons. The van der Waals surface area contributed by atoms with E-state index in [4.69, 9.17) is 0 Å². The number of aromatic nitrogens is 3. The molecule has 0 fully saturated rings. The molecule has 1 heterocycles. The minimum absolute atomic E-state index is 0.859. The molecule has 4 nitrogen and oxygen atoms in total. The number of hydrogen-bond acceptors (Lipinski definition) is 3. The summed E-state index contributed by atoms with van der Waals surface area (Å²) in [5.41, 5.74) is 2.99. The lowest BCUT2D eigenvalue weighted by Gasteiger charge is -2.11.